The predicted molar refractivity (Wildman–Crippen MR) is 164 cm³/mol. The Morgan fingerprint density at radius 2 is 1.73 bits per heavy atom. The number of benzene rings is 2. The minimum absolute atomic E-state index is 0.0833. The van der Waals surface area contributed by atoms with E-state index in [9.17, 15) is 19.2 Å². The Morgan fingerprint density at radius 3 is 2.41 bits per heavy atom. The van der Waals surface area contributed by atoms with Gasteiger partial charge in [-0.05, 0) is 63.8 Å². The average molecular weight is 610 g/mol. The van der Waals surface area contributed by atoms with Gasteiger partial charge in [0.15, 0.2) is 0 Å². The van der Waals surface area contributed by atoms with Crippen molar-refractivity contribution >= 4 is 23.9 Å². The van der Waals surface area contributed by atoms with Crippen LogP contribution in [0.15, 0.2) is 66.7 Å². The van der Waals surface area contributed by atoms with Crippen LogP contribution in [-0.2, 0) is 41.6 Å². The van der Waals surface area contributed by atoms with Gasteiger partial charge in [0.2, 0.25) is 11.8 Å². The second-order valence-corrected chi connectivity index (χ2v) is 11.3. The van der Waals surface area contributed by atoms with Gasteiger partial charge in [0.05, 0.1) is 38.3 Å². The van der Waals surface area contributed by atoms with Crippen LogP contribution in [0.4, 0.5) is 4.79 Å². The number of carbonyl (C=O) groups is 4. The summed E-state index contributed by atoms with van der Waals surface area (Å²) in [4.78, 5) is 50.7. The first-order valence-electron chi connectivity index (χ1n) is 14.8. The molecular formula is C33H43N3O8. The Kier molecular flexibility index (Phi) is 13.2. The quantitative estimate of drug-likeness (QED) is 0.289. The number of hydrogen-bond donors (Lipinski definition) is 3. The molecule has 1 heterocycles. The van der Waals surface area contributed by atoms with Gasteiger partial charge in [0.1, 0.15) is 24.0 Å². The zero-order valence-corrected chi connectivity index (χ0v) is 25.8. The molecule has 0 bridgehead atoms. The molecule has 238 valence electrons. The number of nitrogens with one attached hydrogen (secondary N) is 3. The van der Waals surface area contributed by atoms with Crippen molar-refractivity contribution in [2.75, 3.05) is 19.8 Å². The van der Waals surface area contributed by atoms with E-state index in [1.807, 2.05) is 54.6 Å². The summed E-state index contributed by atoms with van der Waals surface area (Å²) >= 11 is 0. The largest absolute Gasteiger partial charge is 0.489 e. The smallest absolute Gasteiger partial charge is 0.408 e. The first-order valence-corrected chi connectivity index (χ1v) is 14.8. The Bertz CT molecular complexity index is 1260. The molecule has 0 saturated carbocycles. The first-order chi connectivity index (χ1) is 21.0. The highest BCUT2D eigenvalue weighted by Crippen LogP contribution is 2.18. The molecule has 1 aliphatic heterocycles. The topological polar surface area (TPSA) is 141 Å². The lowest BCUT2D eigenvalue weighted by Crippen LogP contribution is -2.52. The minimum atomic E-state index is -0.969. The van der Waals surface area contributed by atoms with Gasteiger partial charge in [-0.1, -0.05) is 54.6 Å². The van der Waals surface area contributed by atoms with Gasteiger partial charge in [0.25, 0.3) is 0 Å². The maximum atomic E-state index is 13.0. The molecule has 11 heteroatoms. The molecule has 2 aromatic carbocycles. The van der Waals surface area contributed by atoms with E-state index in [0.717, 1.165) is 11.1 Å². The fourth-order valence-electron chi connectivity index (χ4n) is 4.40. The summed E-state index contributed by atoms with van der Waals surface area (Å²) < 4.78 is 22.4. The van der Waals surface area contributed by atoms with E-state index in [1.54, 1.807) is 39.8 Å². The van der Waals surface area contributed by atoms with Crippen LogP contribution in [-0.4, -0.2) is 67.4 Å². The normalized spacial score (nSPS) is 20.4. The van der Waals surface area contributed by atoms with E-state index in [0.29, 0.717) is 18.8 Å². The van der Waals surface area contributed by atoms with Crippen molar-refractivity contribution in [3.8, 4) is 5.75 Å². The lowest BCUT2D eigenvalue weighted by Gasteiger charge is -2.28. The van der Waals surface area contributed by atoms with Gasteiger partial charge in [-0.25, -0.2) is 4.79 Å². The van der Waals surface area contributed by atoms with Crippen LogP contribution in [0, 0.1) is 0 Å². The lowest BCUT2D eigenvalue weighted by atomic mass is 9.98. The van der Waals surface area contributed by atoms with Crippen LogP contribution in [0.2, 0.25) is 0 Å². The molecule has 11 nitrogen and oxygen atoms in total. The summed E-state index contributed by atoms with van der Waals surface area (Å²) in [6, 6.07) is 15.7. The van der Waals surface area contributed by atoms with E-state index < -0.39 is 47.7 Å². The van der Waals surface area contributed by atoms with Gasteiger partial charge >= 0.3 is 12.1 Å². The molecule has 3 N–H and O–H groups in total. The van der Waals surface area contributed by atoms with Crippen molar-refractivity contribution in [2.24, 2.45) is 0 Å². The second kappa shape index (κ2) is 17.0. The Hall–Kier alpha value is -4.38. The molecular weight excluding hydrogens is 566 g/mol. The van der Waals surface area contributed by atoms with E-state index in [2.05, 4.69) is 16.0 Å². The fourth-order valence-corrected chi connectivity index (χ4v) is 4.40. The molecule has 0 aromatic heterocycles. The van der Waals surface area contributed by atoms with Crippen LogP contribution >= 0.6 is 0 Å². The summed E-state index contributed by atoms with van der Waals surface area (Å²) in [5.74, 6) is -0.781. The number of hydrogen-bond acceptors (Lipinski definition) is 8. The van der Waals surface area contributed by atoms with Crippen LogP contribution in [0.3, 0.4) is 0 Å². The monoisotopic (exact) mass is 609 g/mol. The molecule has 0 spiro atoms. The number of esters is 1. The van der Waals surface area contributed by atoms with Gasteiger partial charge < -0.3 is 34.9 Å². The zero-order chi connectivity index (χ0) is 32.0. The van der Waals surface area contributed by atoms with Gasteiger partial charge in [-0.3, -0.25) is 14.4 Å². The molecule has 0 unspecified atom stereocenters. The molecule has 2 aromatic rings. The minimum Gasteiger partial charge on any atom is -0.489 e. The standard InChI is InChI=1S/C33H43N3O8/c1-5-41-30(38)20-28-27(19-23-14-16-25(17-15-23)43-22-24-11-7-6-8-12-24)35-29(37)21-34-31(39)26(13-9-10-18-42-28)36-32(40)44-33(2,3)4/h6-12,14-17,26-28H,5,13,18-22H2,1-4H3,(H,34,39)(H,35,37)(H,36,40)/b10-9+/t26-,27+,28-/m1/s1. The van der Waals surface area contributed by atoms with Crippen molar-refractivity contribution in [3.05, 3.63) is 77.9 Å². The molecule has 0 fully saturated rings. The Labute approximate surface area is 258 Å². The predicted octanol–water partition coefficient (Wildman–Crippen LogP) is 3.60. The summed E-state index contributed by atoms with van der Waals surface area (Å²) in [6.07, 6.45) is 2.33. The second-order valence-electron chi connectivity index (χ2n) is 11.3. The van der Waals surface area contributed by atoms with E-state index >= 15 is 0 Å². The highest BCUT2D eigenvalue weighted by molar-refractivity contribution is 5.89. The van der Waals surface area contributed by atoms with Crippen molar-refractivity contribution in [3.63, 3.8) is 0 Å². The van der Waals surface area contributed by atoms with Gasteiger partial charge in [0, 0.05) is 0 Å². The molecule has 3 rings (SSSR count). The molecule has 1 aliphatic rings. The summed E-state index contributed by atoms with van der Waals surface area (Å²) in [5, 5.41) is 8.05. The highest BCUT2D eigenvalue weighted by atomic mass is 16.6. The van der Waals surface area contributed by atoms with Crippen LogP contribution < -0.4 is 20.7 Å². The van der Waals surface area contributed by atoms with Crippen molar-refractivity contribution < 1.29 is 38.1 Å². The molecule has 0 radical (unpaired) electrons. The van der Waals surface area contributed by atoms with E-state index in [-0.39, 0.29) is 32.6 Å². The summed E-state index contributed by atoms with van der Waals surface area (Å²) in [5.41, 5.74) is 1.19. The Balaban J connectivity index is 1.73. The van der Waals surface area contributed by atoms with Crippen LogP contribution in [0.1, 0.15) is 51.7 Å². The number of ether oxygens (including phenoxy) is 4. The lowest BCUT2D eigenvalue weighted by molar-refractivity contribution is -0.147. The maximum absolute atomic E-state index is 13.0. The Morgan fingerprint density at radius 1 is 1.00 bits per heavy atom. The van der Waals surface area contributed by atoms with Crippen molar-refractivity contribution in [2.45, 2.75) is 77.4 Å². The van der Waals surface area contributed by atoms with Crippen LogP contribution in [0.25, 0.3) is 0 Å². The molecule has 0 aliphatic carbocycles. The average Bonchev–Trinajstić information content (AvgIpc) is 2.98. The number of amides is 3. The molecule has 44 heavy (non-hydrogen) atoms. The van der Waals surface area contributed by atoms with E-state index in [4.69, 9.17) is 18.9 Å². The van der Waals surface area contributed by atoms with Crippen molar-refractivity contribution in [1.29, 1.82) is 0 Å². The summed E-state index contributed by atoms with van der Waals surface area (Å²) in [7, 11) is 0. The third kappa shape index (κ3) is 12.5. The molecule has 3 atom stereocenters. The highest BCUT2D eigenvalue weighted by Gasteiger charge is 2.29. The fraction of sp³-hybridized carbons (Fsp3) is 0.455. The van der Waals surface area contributed by atoms with E-state index in [1.165, 1.54) is 0 Å². The van der Waals surface area contributed by atoms with Gasteiger partial charge in [-0.2, -0.15) is 0 Å². The number of carbonyl (C=O) groups excluding carboxylic acids is 4. The summed E-state index contributed by atoms with van der Waals surface area (Å²) in [6.45, 7) is 7.28. The third-order valence-electron chi connectivity index (χ3n) is 6.47. The molecule has 3 amide bonds. The van der Waals surface area contributed by atoms with Crippen molar-refractivity contribution in [1.82, 2.24) is 16.0 Å². The maximum Gasteiger partial charge on any atom is 0.408 e. The third-order valence-corrected chi connectivity index (χ3v) is 6.47. The zero-order valence-electron chi connectivity index (χ0n) is 25.8. The SMILES string of the molecule is CCOC(=O)C[C@H]1OC/C=C/C[C@@H](NC(=O)OC(C)(C)C)C(=O)NCC(=O)N[C@H]1Cc1ccc(OCc2ccccc2)cc1. The first kappa shape index (κ1) is 34.1. The number of alkyl carbamates (subject to hydrolysis) is 1. The molecule has 0 saturated heterocycles. The number of rotatable bonds is 9. The van der Waals surface area contributed by atoms with Crippen LogP contribution in [0.5, 0.6) is 5.75 Å². The van der Waals surface area contributed by atoms with Gasteiger partial charge in [-0.15, -0.1) is 0 Å².